The van der Waals surface area contributed by atoms with E-state index in [1.807, 2.05) is 50.8 Å². The maximum atomic E-state index is 14.0. The first-order valence-corrected chi connectivity index (χ1v) is 22.3. The number of methoxy groups -OCH3 is 2. The summed E-state index contributed by atoms with van der Waals surface area (Å²) in [5.41, 5.74) is 5.64. The molecule has 1 fully saturated rings. The molecule has 0 spiro atoms. The number of fused-ring (bicyclic) bond motifs is 3. The van der Waals surface area contributed by atoms with Crippen molar-refractivity contribution in [1.82, 2.24) is 40.4 Å². The molecule has 14 nitrogen and oxygen atoms in total. The molecule has 1 aliphatic rings. The zero-order valence-electron chi connectivity index (χ0n) is 33.5. The molecule has 3 atom stereocenters. The molecule has 0 radical (unpaired) electrons. The second-order valence-corrected chi connectivity index (χ2v) is 21.2. The highest BCUT2D eigenvalue weighted by Crippen LogP contribution is 2.39. The summed E-state index contributed by atoms with van der Waals surface area (Å²) < 4.78 is 9.51. The minimum absolute atomic E-state index is 0.116. The number of H-pyrrole nitrogens is 2. The molecular weight excluding hydrogens is 729 g/mol. The molecule has 4 N–H and O–H groups in total. The molecule has 15 heteroatoms. The van der Waals surface area contributed by atoms with Crippen LogP contribution in [0.4, 0.5) is 9.59 Å². The van der Waals surface area contributed by atoms with Crippen molar-refractivity contribution in [2.75, 3.05) is 27.4 Å². The zero-order valence-corrected chi connectivity index (χ0v) is 34.5. The van der Waals surface area contributed by atoms with Crippen molar-refractivity contribution in [3.05, 3.63) is 72.4 Å². The number of likely N-dealkylation sites (N-methyl/N-ethyl adjacent to an activating group) is 1. The van der Waals surface area contributed by atoms with Gasteiger partial charge in [-0.25, -0.2) is 19.6 Å². The molecule has 0 bridgehead atoms. The Balaban J connectivity index is 1.19. The fourth-order valence-electron chi connectivity index (χ4n) is 7.45. The number of amides is 4. The first kappa shape index (κ1) is 40.0. The molecule has 56 heavy (non-hydrogen) atoms. The third-order valence-corrected chi connectivity index (χ3v) is 13.2. The predicted octanol–water partition coefficient (Wildman–Crippen LogP) is 6.62. The number of aromatic nitrogens is 4. The number of nitrogens with zero attached hydrogens (tertiary/aromatic N) is 4. The van der Waals surface area contributed by atoms with Gasteiger partial charge in [0.05, 0.1) is 57.8 Å². The monoisotopic (exact) mass is 780 g/mol. The molecule has 3 heterocycles. The number of hydrogen-bond acceptors (Lipinski definition) is 8. The van der Waals surface area contributed by atoms with Gasteiger partial charge in [-0.15, -0.1) is 0 Å². The molecule has 296 valence electrons. The quantitative estimate of drug-likeness (QED) is 0.108. The van der Waals surface area contributed by atoms with Crippen molar-refractivity contribution in [2.45, 2.75) is 71.5 Å². The van der Waals surface area contributed by atoms with Gasteiger partial charge in [-0.05, 0) is 52.1 Å². The van der Waals surface area contributed by atoms with E-state index in [0.29, 0.717) is 12.0 Å². The molecule has 1 aliphatic heterocycles. The number of hydrogen-bond donors (Lipinski definition) is 4. The van der Waals surface area contributed by atoms with Gasteiger partial charge in [0.25, 0.3) is 0 Å². The molecule has 0 saturated carbocycles. The Morgan fingerprint density at radius 3 is 2.14 bits per heavy atom. The summed E-state index contributed by atoms with van der Waals surface area (Å²) in [7, 11) is 2.48. The third-order valence-electron chi connectivity index (χ3n) is 10.5. The highest BCUT2D eigenvalue weighted by molar-refractivity contribution is 6.78. The van der Waals surface area contributed by atoms with Gasteiger partial charge >= 0.3 is 12.2 Å². The number of alkyl carbamates (subject to hydrolysis) is 2. The predicted molar refractivity (Wildman–Crippen MR) is 218 cm³/mol. The summed E-state index contributed by atoms with van der Waals surface area (Å²) >= 11 is 0. The SMILES string of the molecule is COC(=O)NC(C(=O)N(C)Cc1ncc(-c2ccc(-c3ccc4c(ccc5[nH]c([C@@H]6C[Si](C)(C)CN6C(=O)C(NC(=O)OC)C(C)C)nc54)c3)cc2)[nH]1)C(C)C. The van der Waals surface area contributed by atoms with E-state index in [-0.39, 0.29) is 36.2 Å². The van der Waals surface area contributed by atoms with Gasteiger partial charge in [-0.1, -0.05) is 83.3 Å². The molecule has 1 saturated heterocycles. The van der Waals surface area contributed by atoms with Crippen molar-refractivity contribution in [1.29, 1.82) is 0 Å². The first-order chi connectivity index (χ1) is 26.6. The Morgan fingerprint density at radius 1 is 0.875 bits per heavy atom. The van der Waals surface area contributed by atoms with Crippen LogP contribution in [0.15, 0.2) is 60.8 Å². The Labute approximate surface area is 327 Å². The summed E-state index contributed by atoms with van der Waals surface area (Å²) in [6, 6.07) is 17.9. The zero-order chi connectivity index (χ0) is 40.5. The van der Waals surface area contributed by atoms with E-state index in [0.717, 1.165) is 56.1 Å². The lowest BCUT2D eigenvalue weighted by molar-refractivity contribution is -0.135. The summed E-state index contributed by atoms with van der Waals surface area (Å²) in [5.74, 6) is 0.787. The van der Waals surface area contributed by atoms with Crippen LogP contribution in [0, 0.1) is 11.8 Å². The summed E-state index contributed by atoms with van der Waals surface area (Å²) in [6.07, 6.45) is 1.16. The Morgan fingerprint density at radius 2 is 1.50 bits per heavy atom. The molecule has 5 aromatic rings. The maximum Gasteiger partial charge on any atom is 0.407 e. The summed E-state index contributed by atoms with van der Waals surface area (Å²) in [5, 5.41) is 7.43. The van der Waals surface area contributed by atoms with E-state index in [9.17, 15) is 19.2 Å². The van der Waals surface area contributed by atoms with Crippen LogP contribution in [0.25, 0.3) is 44.2 Å². The highest BCUT2D eigenvalue weighted by Gasteiger charge is 2.46. The van der Waals surface area contributed by atoms with Gasteiger partial charge in [0.15, 0.2) is 0 Å². The lowest BCUT2D eigenvalue weighted by atomic mass is 9.99. The van der Waals surface area contributed by atoms with Crippen LogP contribution < -0.4 is 10.6 Å². The van der Waals surface area contributed by atoms with Crippen molar-refractivity contribution in [3.8, 4) is 22.4 Å². The van der Waals surface area contributed by atoms with E-state index >= 15 is 0 Å². The maximum absolute atomic E-state index is 14.0. The van der Waals surface area contributed by atoms with E-state index in [1.165, 1.54) is 19.1 Å². The second kappa shape index (κ2) is 16.2. The molecule has 0 aliphatic carbocycles. The molecule has 4 amide bonds. The number of carbonyl (C=O) groups is 4. The van der Waals surface area contributed by atoms with Crippen LogP contribution in [-0.2, 0) is 25.6 Å². The Hall–Kier alpha value is -5.70. The van der Waals surface area contributed by atoms with E-state index in [2.05, 4.69) is 75.1 Å². The van der Waals surface area contributed by atoms with Gasteiger partial charge in [0, 0.05) is 18.6 Å². The van der Waals surface area contributed by atoms with Crippen molar-refractivity contribution >= 4 is 53.9 Å². The topological polar surface area (TPSA) is 175 Å². The van der Waals surface area contributed by atoms with Crippen LogP contribution in [0.5, 0.6) is 0 Å². The number of aromatic amines is 2. The van der Waals surface area contributed by atoms with Gasteiger partial charge in [0.1, 0.15) is 23.7 Å². The van der Waals surface area contributed by atoms with Gasteiger partial charge < -0.3 is 39.9 Å². The number of nitrogens with one attached hydrogen (secondary N) is 4. The number of benzene rings is 3. The molecular formula is C41H52N8O6Si. The fourth-order valence-corrected chi connectivity index (χ4v) is 10.3. The van der Waals surface area contributed by atoms with Gasteiger partial charge in [-0.3, -0.25) is 9.59 Å². The number of imidazole rings is 2. The lowest BCUT2D eigenvalue weighted by Gasteiger charge is -2.30. The number of carbonyl (C=O) groups excluding carboxylic acids is 4. The average molecular weight is 781 g/mol. The lowest BCUT2D eigenvalue weighted by Crippen LogP contribution is -2.52. The van der Waals surface area contributed by atoms with E-state index in [4.69, 9.17) is 14.5 Å². The minimum atomic E-state index is -1.77. The van der Waals surface area contributed by atoms with Crippen molar-refractivity contribution < 1.29 is 28.7 Å². The highest BCUT2D eigenvalue weighted by atomic mass is 28.3. The molecule has 2 aromatic heterocycles. The van der Waals surface area contributed by atoms with E-state index < -0.39 is 32.3 Å². The third kappa shape index (κ3) is 8.42. The Bertz CT molecular complexity index is 2250. The minimum Gasteiger partial charge on any atom is -0.453 e. The summed E-state index contributed by atoms with van der Waals surface area (Å²) in [4.78, 5) is 70.9. The van der Waals surface area contributed by atoms with Crippen LogP contribution in [0.1, 0.15) is 45.4 Å². The average Bonchev–Trinajstić information content (AvgIpc) is 3.91. The van der Waals surface area contributed by atoms with E-state index in [1.54, 1.807) is 13.2 Å². The van der Waals surface area contributed by atoms with Crippen molar-refractivity contribution in [3.63, 3.8) is 0 Å². The van der Waals surface area contributed by atoms with Gasteiger partial charge in [-0.2, -0.15) is 0 Å². The molecule has 6 rings (SSSR count). The summed E-state index contributed by atoms with van der Waals surface area (Å²) in [6.45, 7) is 12.4. The van der Waals surface area contributed by atoms with Gasteiger partial charge in [0.2, 0.25) is 11.8 Å². The number of rotatable bonds is 11. The molecule has 2 unspecified atom stereocenters. The number of ether oxygens (including phenoxy) is 2. The van der Waals surface area contributed by atoms with Crippen molar-refractivity contribution in [2.24, 2.45) is 11.8 Å². The van der Waals surface area contributed by atoms with Crippen LogP contribution >= 0.6 is 0 Å². The largest absolute Gasteiger partial charge is 0.453 e. The fraction of sp³-hybridized carbons (Fsp3) is 0.415. The first-order valence-electron chi connectivity index (χ1n) is 18.9. The van der Waals surface area contributed by atoms with Crippen LogP contribution in [-0.4, -0.2) is 101 Å². The normalized spacial score (nSPS) is 16.3. The van der Waals surface area contributed by atoms with Crippen LogP contribution in [0.3, 0.4) is 0 Å². The molecule has 3 aromatic carbocycles. The standard InChI is InChI=1S/C41H52N8O6Si/c1-23(2)34(46-40(52)54-6)38(50)48(5)20-33-42-19-31(43-33)26-12-10-25(11-13-26)27-14-16-29-28(18-27)15-17-30-36(29)45-37(44-30)32-21-56(8,9)22-49(32)39(51)35(24(3)4)47-41(53)55-7/h10-19,23-24,32,34-35H,20-22H2,1-9H3,(H,42,43)(H,44,45)(H,46,52)(H,47,53)/t32-,34?,35?/m0/s1. The van der Waals surface area contributed by atoms with Crippen LogP contribution in [0.2, 0.25) is 19.1 Å². The Kier molecular flexibility index (Phi) is 11.6. The second-order valence-electron chi connectivity index (χ2n) is 16.1. The smallest absolute Gasteiger partial charge is 0.407 e.